The van der Waals surface area contributed by atoms with E-state index in [2.05, 4.69) is 14.9 Å². The highest BCUT2D eigenvalue weighted by atomic mass is 32.2. The van der Waals surface area contributed by atoms with Gasteiger partial charge >= 0.3 is 0 Å². The van der Waals surface area contributed by atoms with E-state index >= 15 is 0 Å². The quantitative estimate of drug-likeness (QED) is 0.678. The molecule has 1 atom stereocenters. The molecule has 0 aromatic heterocycles. The number of nitrogens with one attached hydrogen (secondary N) is 1. The van der Waals surface area contributed by atoms with E-state index in [4.69, 9.17) is 0 Å². The van der Waals surface area contributed by atoms with Crippen LogP contribution < -0.4 is 5.32 Å². The fraction of sp³-hybridized carbons (Fsp3) is 0.357. The molecule has 2 amide bonds. The molecular formula is C14H18N4O2S. The summed E-state index contributed by atoms with van der Waals surface area (Å²) >= 11 is 0. The predicted molar refractivity (Wildman–Crippen MR) is 85.1 cm³/mol. The number of para-hydroxylation sites is 1. The normalized spacial score (nSPS) is 17.9. The average Bonchev–Trinajstić information content (AvgIpc) is 2.78. The Balaban J connectivity index is 1.91. The number of carbonyl (C=O) groups is 2. The zero-order chi connectivity index (χ0) is 15.2. The van der Waals surface area contributed by atoms with Crippen molar-refractivity contribution in [3.8, 4) is 0 Å². The van der Waals surface area contributed by atoms with Gasteiger partial charge in [0.2, 0.25) is 11.8 Å². The lowest BCUT2D eigenvalue weighted by molar-refractivity contribution is -0.130. The molecule has 1 aromatic rings. The lowest BCUT2D eigenvalue weighted by Gasteiger charge is -2.14. The van der Waals surface area contributed by atoms with Crippen molar-refractivity contribution >= 4 is 33.9 Å². The summed E-state index contributed by atoms with van der Waals surface area (Å²) in [6.07, 6.45) is 0. The first-order valence-electron chi connectivity index (χ1n) is 6.57. The van der Waals surface area contributed by atoms with Crippen LogP contribution >= 0.6 is 0 Å². The third-order valence-electron chi connectivity index (χ3n) is 2.70. The Bertz CT molecular complexity index is 594. The fourth-order valence-electron chi connectivity index (χ4n) is 1.75. The minimum absolute atomic E-state index is 0.0470. The van der Waals surface area contributed by atoms with Crippen LogP contribution in [0.4, 0.5) is 5.69 Å². The first-order chi connectivity index (χ1) is 10.0. The molecule has 1 N–H and O–H groups in total. The molecule has 0 saturated carbocycles. The van der Waals surface area contributed by atoms with Crippen LogP contribution in [0.3, 0.4) is 0 Å². The van der Waals surface area contributed by atoms with Gasteiger partial charge in [0.15, 0.2) is 0 Å². The fourth-order valence-corrected chi connectivity index (χ4v) is 3.30. The van der Waals surface area contributed by atoms with Gasteiger partial charge in [0, 0.05) is 11.4 Å². The molecule has 21 heavy (non-hydrogen) atoms. The van der Waals surface area contributed by atoms with Crippen molar-refractivity contribution < 1.29 is 9.59 Å². The Morgan fingerprint density at radius 2 is 2.05 bits per heavy atom. The second-order valence-corrected chi connectivity index (χ2v) is 6.51. The molecule has 112 valence electrons. The zero-order valence-electron chi connectivity index (χ0n) is 12.1. The molecule has 0 radical (unpaired) electrons. The highest BCUT2D eigenvalue weighted by Crippen LogP contribution is 2.10. The summed E-state index contributed by atoms with van der Waals surface area (Å²) in [6.45, 7) is 3.77. The number of anilines is 1. The van der Waals surface area contributed by atoms with E-state index in [1.165, 1.54) is 4.90 Å². The summed E-state index contributed by atoms with van der Waals surface area (Å²) in [5, 5.41) is 6.76. The van der Waals surface area contributed by atoms with Gasteiger partial charge in [0.05, 0.1) is 11.6 Å². The summed E-state index contributed by atoms with van der Waals surface area (Å²) in [7, 11) is -0.437. The average molecular weight is 306 g/mol. The number of hydrogen-bond acceptors (Lipinski definition) is 3. The van der Waals surface area contributed by atoms with Gasteiger partial charge in [-0.15, -0.1) is 4.47 Å². The molecule has 0 spiro atoms. The number of rotatable bonds is 4. The third-order valence-corrected chi connectivity index (χ3v) is 4.20. The monoisotopic (exact) mass is 306 g/mol. The lowest BCUT2D eigenvalue weighted by Crippen LogP contribution is -2.34. The van der Waals surface area contributed by atoms with Gasteiger partial charge in [-0.05, 0) is 36.7 Å². The molecule has 0 aliphatic carbocycles. The zero-order valence-corrected chi connectivity index (χ0v) is 12.9. The van der Waals surface area contributed by atoms with E-state index < -0.39 is 10.7 Å². The first-order valence-corrected chi connectivity index (χ1v) is 8.09. The van der Waals surface area contributed by atoms with E-state index in [0.29, 0.717) is 11.6 Å². The molecule has 0 bridgehead atoms. The lowest BCUT2D eigenvalue weighted by atomic mass is 10.3. The van der Waals surface area contributed by atoms with Crippen LogP contribution in [0.5, 0.6) is 0 Å². The number of carbonyl (C=O) groups excluding carboxylic acids is 2. The molecule has 1 fully saturated rings. The van der Waals surface area contributed by atoms with E-state index in [0.717, 1.165) is 11.4 Å². The van der Waals surface area contributed by atoms with Gasteiger partial charge in [-0.2, -0.15) is 5.10 Å². The first kappa shape index (κ1) is 15.4. The van der Waals surface area contributed by atoms with E-state index in [-0.39, 0.29) is 18.4 Å². The molecule has 1 unspecified atom stereocenters. The van der Waals surface area contributed by atoms with Gasteiger partial charge in [-0.3, -0.25) is 9.59 Å². The van der Waals surface area contributed by atoms with Gasteiger partial charge in [-0.25, -0.2) is 0 Å². The van der Waals surface area contributed by atoms with E-state index in [1.54, 1.807) is 0 Å². The summed E-state index contributed by atoms with van der Waals surface area (Å²) in [5.41, 5.74) is 1.58. The van der Waals surface area contributed by atoms with Crippen molar-refractivity contribution in [1.82, 2.24) is 4.90 Å². The third kappa shape index (κ3) is 4.78. The molecular weight excluding hydrogens is 288 g/mol. The largest absolute Gasteiger partial charge is 0.325 e. The van der Waals surface area contributed by atoms with E-state index in [1.807, 2.05) is 44.2 Å². The summed E-state index contributed by atoms with van der Waals surface area (Å²) in [4.78, 5) is 25.3. The van der Waals surface area contributed by atoms with Gasteiger partial charge in [0.25, 0.3) is 0 Å². The number of hydrogen-bond donors (Lipinski definition) is 1. The van der Waals surface area contributed by atoms with Crippen molar-refractivity contribution in [3.05, 3.63) is 30.3 Å². The highest BCUT2D eigenvalue weighted by molar-refractivity contribution is 7.88. The summed E-state index contributed by atoms with van der Waals surface area (Å²) < 4.78 is 4.14. The van der Waals surface area contributed by atoms with Crippen LogP contribution in [-0.2, 0) is 20.3 Å². The van der Waals surface area contributed by atoms with Crippen LogP contribution in [0.25, 0.3) is 0 Å². The molecule has 1 aliphatic heterocycles. The molecule has 1 heterocycles. The predicted octanol–water partition coefficient (Wildman–Crippen LogP) is 1.62. The maximum Gasteiger partial charge on any atom is 0.244 e. The topological polar surface area (TPSA) is 74.1 Å². The van der Waals surface area contributed by atoms with Crippen molar-refractivity contribution in [2.45, 2.75) is 13.8 Å². The Morgan fingerprint density at radius 1 is 1.33 bits per heavy atom. The Hall–Kier alpha value is -2.02. The smallest absolute Gasteiger partial charge is 0.244 e. The minimum Gasteiger partial charge on any atom is -0.325 e. The van der Waals surface area contributed by atoms with Gasteiger partial charge in [0.1, 0.15) is 6.54 Å². The number of amides is 2. The second-order valence-electron chi connectivity index (χ2n) is 4.87. The number of benzene rings is 1. The minimum atomic E-state index is -0.437. The van der Waals surface area contributed by atoms with Gasteiger partial charge < -0.3 is 10.2 Å². The van der Waals surface area contributed by atoms with Gasteiger partial charge in [-0.1, -0.05) is 18.2 Å². The molecule has 6 nitrogen and oxygen atoms in total. The summed E-state index contributed by atoms with van der Waals surface area (Å²) in [6, 6.07) is 9.18. The van der Waals surface area contributed by atoms with Crippen molar-refractivity contribution in [2.75, 3.05) is 23.5 Å². The highest BCUT2D eigenvalue weighted by Gasteiger charge is 2.26. The van der Waals surface area contributed by atoms with E-state index in [9.17, 15) is 9.59 Å². The molecule has 1 saturated heterocycles. The second kappa shape index (κ2) is 7.12. The standard InChI is InChI=1S/C14H18N4O2S/c1-11(2)16-17-21-9-14(20)18(10-21)8-13(19)15-12-6-4-3-5-7-12/h3-7H,8-10H2,1-2H3,(H,15,19). The van der Waals surface area contributed by atoms with Crippen molar-refractivity contribution in [3.63, 3.8) is 0 Å². The van der Waals surface area contributed by atoms with Crippen molar-refractivity contribution in [2.24, 2.45) is 9.57 Å². The maximum atomic E-state index is 11.9. The Kier molecular flexibility index (Phi) is 5.21. The van der Waals surface area contributed by atoms with Crippen LogP contribution in [-0.4, -0.2) is 40.6 Å². The Labute approximate surface area is 126 Å². The van der Waals surface area contributed by atoms with Crippen molar-refractivity contribution in [1.29, 1.82) is 0 Å². The van der Waals surface area contributed by atoms with Crippen LogP contribution in [0.15, 0.2) is 39.9 Å². The van der Waals surface area contributed by atoms with Crippen LogP contribution in [0, 0.1) is 0 Å². The molecule has 2 rings (SSSR count). The summed E-state index contributed by atoms with van der Waals surface area (Å²) in [5.74, 6) is 0.567. The molecule has 7 heteroatoms. The number of nitrogens with zero attached hydrogens (tertiary/aromatic N) is 3. The molecule has 1 aliphatic rings. The molecule has 1 aromatic carbocycles. The van der Waals surface area contributed by atoms with Crippen LogP contribution in [0.1, 0.15) is 13.8 Å². The SMILES string of the molecule is CC(C)=N/N=S1/CC(=O)N(CC(=O)Nc2ccccc2)C1. The Morgan fingerprint density at radius 3 is 2.71 bits per heavy atom. The maximum absolute atomic E-state index is 11.9. The van der Waals surface area contributed by atoms with Crippen LogP contribution in [0.2, 0.25) is 0 Å².